The van der Waals surface area contributed by atoms with Crippen molar-refractivity contribution in [3.8, 4) is 11.5 Å². The molecule has 0 heterocycles. The zero-order valence-electron chi connectivity index (χ0n) is 26.2. The van der Waals surface area contributed by atoms with Gasteiger partial charge in [-0.2, -0.15) is 0 Å². The van der Waals surface area contributed by atoms with Crippen molar-refractivity contribution in [3.63, 3.8) is 0 Å². The smallest absolute Gasteiger partial charge is 0.477 e. The third kappa shape index (κ3) is 12.5. The molecular formula is C30H47NO11. The molecule has 12 heteroatoms. The van der Waals surface area contributed by atoms with E-state index in [2.05, 4.69) is 5.32 Å². The summed E-state index contributed by atoms with van der Waals surface area (Å²) in [4.78, 5) is 50.0. The van der Waals surface area contributed by atoms with Gasteiger partial charge in [-0.1, -0.05) is 53.5 Å². The van der Waals surface area contributed by atoms with Crippen molar-refractivity contribution in [2.75, 3.05) is 13.2 Å². The van der Waals surface area contributed by atoms with Gasteiger partial charge >= 0.3 is 24.4 Å². The van der Waals surface area contributed by atoms with Gasteiger partial charge in [0, 0.05) is 12.5 Å². The maximum atomic E-state index is 12.7. The summed E-state index contributed by atoms with van der Waals surface area (Å²) >= 11 is 0. The number of hydrogen-bond donors (Lipinski definition) is 2. The molecule has 2 unspecified atom stereocenters. The number of ether oxygens (including phenoxy) is 6. The minimum absolute atomic E-state index is 0.0861. The number of carbonyl (C=O) groups excluding carboxylic acids is 3. The Morgan fingerprint density at radius 1 is 0.810 bits per heavy atom. The summed E-state index contributed by atoms with van der Waals surface area (Å²) in [6.45, 7) is 16.5. The summed E-state index contributed by atoms with van der Waals surface area (Å²) in [5.74, 6) is -1.66. The molecule has 1 aromatic rings. The molecule has 0 aliphatic heterocycles. The monoisotopic (exact) mass is 597 g/mol. The van der Waals surface area contributed by atoms with Gasteiger partial charge in [0.25, 0.3) is 5.72 Å². The average Bonchev–Trinajstić information content (AvgIpc) is 2.90. The summed E-state index contributed by atoms with van der Waals surface area (Å²) in [5, 5.41) is 13.0. The molecule has 0 saturated carbocycles. The Morgan fingerprint density at radius 2 is 1.33 bits per heavy atom. The van der Waals surface area contributed by atoms with Crippen LogP contribution < -0.4 is 14.8 Å². The number of carbonyl (C=O) groups is 4. The lowest BCUT2D eigenvalue weighted by Gasteiger charge is -2.33. The first kappa shape index (κ1) is 36.5. The Bertz CT molecular complexity index is 1060. The first-order valence-corrected chi connectivity index (χ1v) is 14.3. The number of benzene rings is 1. The van der Waals surface area contributed by atoms with E-state index >= 15 is 0 Å². The van der Waals surface area contributed by atoms with Crippen LogP contribution in [0, 0.1) is 11.8 Å². The average molecular weight is 598 g/mol. The highest BCUT2D eigenvalue weighted by Crippen LogP contribution is 2.32. The van der Waals surface area contributed by atoms with Crippen LogP contribution in [0.3, 0.4) is 0 Å². The van der Waals surface area contributed by atoms with E-state index in [1.807, 2.05) is 34.6 Å². The maximum absolute atomic E-state index is 12.7. The molecule has 238 valence electrons. The fourth-order valence-corrected chi connectivity index (χ4v) is 3.23. The third-order valence-electron chi connectivity index (χ3n) is 6.55. The molecule has 0 radical (unpaired) electrons. The molecule has 1 aromatic carbocycles. The van der Waals surface area contributed by atoms with Gasteiger partial charge in [0.1, 0.15) is 5.60 Å². The second-order valence-corrected chi connectivity index (χ2v) is 11.3. The number of aliphatic carboxylic acids is 1. The fraction of sp³-hybridized carbons (Fsp3) is 0.667. The molecule has 0 amide bonds. The van der Waals surface area contributed by atoms with Crippen LogP contribution in [0.2, 0.25) is 0 Å². The van der Waals surface area contributed by atoms with Crippen molar-refractivity contribution >= 4 is 24.4 Å². The van der Waals surface area contributed by atoms with E-state index in [1.165, 1.54) is 18.2 Å². The Hall–Kier alpha value is -3.54. The van der Waals surface area contributed by atoms with Crippen LogP contribution in [0.15, 0.2) is 18.2 Å². The largest absolute Gasteiger partial charge is 0.513 e. The normalized spacial score (nSPS) is 14.2. The molecule has 0 aliphatic carbocycles. The van der Waals surface area contributed by atoms with Gasteiger partial charge in [-0.25, -0.2) is 19.2 Å². The Morgan fingerprint density at radius 3 is 1.79 bits per heavy atom. The van der Waals surface area contributed by atoms with Gasteiger partial charge in [0.15, 0.2) is 11.5 Å². The van der Waals surface area contributed by atoms with Crippen LogP contribution in [0.25, 0.3) is 0 Å². The second kappa shape index (κ2) is 16.8. The van der Waals surface area contributed by atoms with Gasteiger partial charge in [-0.3, -0.25) is 5.32 Å². The van der Waals surface area contributed by atoms with Crippen molar-refractivity contribution in [2.24, 2.45) is 11.8 Å². The minimum atomic E-state index is -2.25. The van der Waals surface area contributed by atoms with Gasteiger partial charge in [0.05, 0.1) is 13.2 Å². The fourth-order valence-electron chi connectivity index (χ4n) is 3.23. The first-order chi connectivity index (χ1) is 19.6. The summed E-state index contributed by atoms with van der Waals surface area (Å²) in [6.07, 6.45) is -1.60. The van der Waals surface area contributed by atoms with Gasteiger partial charge < -0.3 is 33.5 Å². The Labute approximate surface area is 248 Å². The van der Waals surface area contributed by atoms with Crippen molar-refractivity contribution < 1.29 is 52.7 Å². The van der Waals surface area contributed by atoms with E-state index in [9.17, 15) is 24.3 Å². The predicted molar refractivity (Wildman–Crippen MR) is 154 cm³/mol. The molecule has 1 rings (SSSR count). The lowest BCUT2D eigenvalue weighted by Crippen LogP contribution is -2.59. The Balaban J connectivity index is 3.40. The molecule has 42 heavy (non-hydrogen) atoms. The number of rotatable bonds is 16. The Kier molecular flexibility index (Phi) is 14.6. The molecular weight excluding hydrogens is 550 g/mol. The highest BCUT2D eigenvalue weighted by molar-refractivity contribution is 5.80. The van der Waals surface area contributed by atoms with Crippen LogP contribution in [0.1, 0.15) is 87.1 Å². The molecule has 0 bridgehead atoms. The van der Waals surface area contributed by atoms with E-state index in [0.717, 1.165) is 12.8 Å². The van der Waals surface area contributed by atoms with Crippen LogP contribution in [0.4, 0.5) is 14.4 Å². The first-order valence-electron chi connectivity index (χ1n) is 14.3. The van der Waals surface area contributed by atoms with Gasteiger partial charge in [0.2, 0.25) is 0 Å². The molecule has 2 N–H and O–H groups in total. The van der Waals surface area contributed by atoms with E-state index in [4.69, 9.17) is 28.4 Å². The van der Waals surface area contributed by atoms with Crippen molar-refractivity contribution in [3.05, 3.63) is 23.8 Å². The molecule has 12 nitrogen and oxygen atoms in total. The second-order valence-electron chi connectivity index (χ2n) is 11.3. The molecule has 0 fully saturated rings. The maximum Gasteiger partial charge on any atom is 0.513 e. The number of hydrogen-bond acceptors (Lipinski definition) is 11. The highest BCUT2D eigenvalue weighted by Gasteiger charge is 2.45. The molecule has 0 saturated heterocycles. The summed E-state index contributed by atoms with van der Waals surface area (Å²) in [7, 11) is 0. The minimum Gasteiger partial charge on any atom is -0.477 e. The van der Waals surface area contributed by atoms with E-state index in [1.54, 1.807) is 27.7 Å². The summed E-state index contributed by atoms with van der Waals surface area (Å²) < 4.78 is 31.7. The van der Waals surface area contributed by atoms with Crippen molar-refractivity contribution in [2.45, 2.75) is 105 Å². The van der Waals surface area contributed by atoms with Gasteiger partial charge in [-0.15, -0.1) is 0 Å². The quantitative estimate of drug-likeness (QED) is 0.0927. The molecule has 0 aromatic heterocycles. The van der Waals surface area contributed by atoms with Crippen LogP contribution in [-0.4, -0.2) is 60.1 Å². The molecule has 3 atom stereocenters. The zero-order valence-corrected chi connectivity index (χ0v) is 26.2. The summed E-state index contributed by atoms with van der Waals surface area (Å²) in [6, 6.07) is 3.63. The highest BCUT2D eigenvalue weighted by atomic mass is 16.8. The van der Waals surface area contributed by atoms with E-state index in [-0.39, 0.29) is 42.1 Å². The SMILES string of the molecule is CCC(C)COC(=O)Oc1ccc(C[C@](NC(C)C)(OC(=O)OC(C)(C)CC)C(=O)O)cc1OC(=O)OCC(C)CC. The van der Waals surface area contributed by atoms with Crippen molar-refractivity contribution in [1.82, 2.24) is 5.32 Å². The molecule has 0 spiro atoms. The lowest BCUT2D eigenvalue weighted by molar-refractivity contribution is -0.169. The third-order valence-corrected chi connectivity index (χ3v) is 6.55. The number of nitrogens with one attached hydrogen (secondary N) is 1. The van der Waals surface area contributed by atoms with Crippen LogP contribution >= 0.6 is 0 Å². The standard InChI is InChI=1S/C30H47NO11/c1-10-20(6)17-37-26(34)39-23-14-13-22(15-24(23)40-27(35)38-18-21(7)11-2)16-30(25(32)33,31-19(4)5)42-28(36)41-29(8,9)12-3/h13-15,19-21,31H,10-12,16-18H2,1-9H3,(H,32,33)/t20?,21?,30-/m0/s1. The van der Waals surface area contributed by atoms with Crippen LogP contribution in [0.5, 0.6) is 11.5 Å². The van der Waals surface area contributed by atoms with E-state index < -0.39 is 48.2 Å². The molecule has 0 aliphatic rings. The van der Waals surface area contributed by atoms with Gasteiger partial charge in [-0.05, 0) is 63.6 Å². The van der Waals surface area contributed by atoms with Crippen LogP contribution in [-0.2, 0) is 30.2 Å². The topological polar surface area (TPSA) is 156 Å². The summed E-state index contributed by atoms with van der Waals surface area (Å²) in [5.41, 5.74) is -2.88. The van der Waals surface area contributed by atoms with E-state index in [0.29, 0.717) is 6.42 Å². The number of carboxylic acids is 1. The van der Waals surface area contributed by atoms with Crippen molar-refractivity contribution in [1.29, 1.82) is 0 Å². The zero-order chi connectivity index (χ0) is 32.1. The lowest BCUT2D eigenvalue weighted by atomic mass is 10.0. The predicted octanol–water partition coefficient (Wildman–Crippen LogP) is 6.47. The number of carboxylic acid groups (broad SMARTS) is 1.